The van der Waals surface area contributed by atoms with Crippen LogP contribution in [0, 0.1) is 0 Å². The molecule has 3 nitrogen and oxygen atoms in total. The maximum Gasteiger partial charge on any atom is 0.119 e. The summed E-state index contributed by atoms with van der Waals surface area (Å²) in [6.07, 6.45) is 1.28. The van der Waals surface area contributed by atoms with Crippen LogP contribution in [0.15, 0.2) is 24.3 Å². The SMILES string of the molecule is CCN(CC)CCC(C)Oc1ccc(N)cc1. The summed E-state index contributed by atoms with van der Waals surface area (Å²) in [5.74, 6) is 0.895. The normalized spacial score (nSPS) is 12.7. The van der Waals surface area contributed by atoms with Crippen molar-refractivity contribution in [1.82, 2.24) is 4.90 Å². The Morgan fingerprint density at radius 3 is 2.29 bits per heavy atom. The van der Waals surface area contributed by atoms with Crippen molar-refractivity contribution in [1.29, 1.82) is 0 Å². The predicted octanol–water partition coefficient (Wildman–Crippen LogP) is 2.77. The van der Waals surface area contributed by atoms with Gasteiger partial charge in [-0.25, -0.2) is 0 Å². The molecule has 0 aromatic heterocycles. The van der Waals surface area contributed by atoms with E-state index >= 15 is 0 Å². The Morgan fingerprint density at radius 2 is 1.76 bits per heavy atom. The highest BCUT2D eigenvalue weighted by molar-refractivity contribution is 5.41. The molecule has 17 heavy (non-hydrogen) atoms. The van der Waals surface area contributed by atoms with Crippen LogP contribution in [0.5, 0.6) is 5.75 Å². The van der Waals surface area contributed by atoms with Crippen molar-refractivity contribution in [3.63, 3.8) is 0 Å². The average molecular weight is 236 g/mol. The van der Waals surface area contributed by atoms with Gasteiger partial charge in [0.2, 0.25) is 0 Å². The number of benzene rings is 1. The Bertz CT molecular complexity index is 307. The fourth-order valence-electron chi connectivity index (χ4n) is 1.74. The summed E-state index contributed by atoms with van der Waals surface area (Å²) in [6.45, 7) is 9.78. The first-order chi connectivity index (χ1) is 8.15. The van der Waals surface area contributed by atoms with Crippen LogP contribution in [0.4, 0.5) is 5.69 Å². The number of hydrogen-bond donors (Lipinski definition) is 1. The number of rotatable bonds is 7. The zero-order chi connectivity index (χ0) is 12.7. The van der Waals surface area contributed by atoms with Gasteiger partial charge in [0.05, 0.1) is 6.10 Å². The second-order valence-corrected chi connectivity index (χ2v) is 4.31. The highest BCUT2D eigenvalue weighted by Gasteiger charge is 2.06. The smallest absolute Gasteiger partial charge is 0.119 e. The summed E-state index contributed by atoms with van der Waals surface area (Å²) in [5, 5.41) is 0. The predicted molar refractivity (Wildman–Crippen MR) is 73.3 cm³/mol. The lowest BCUT2D eigenvalue weighted by Crippen LogP contribution is -2.27. The van der Waals surface area contributed by atoms with Crippen LogP contribution in [0.3, 0.4) is 0 Å². The Balaban J connectivity index is 2.34. The molecule has 2 N–H and O–H groups in total. The summed E-state index contributed by atoms with van der Waals surface area (Å²) in [4.78, 5) is 2.41. The minimum Gasteiger partial charge on any atom is -0.491 e. The summed E-state index contributed by atoms with van der Waals surface area (Å²) in [7, 11) is 0. The molecule has 0 aliphatic heterocycles. The number of anilines is 1. The third-order valence-corrected chi connectivity index (χ3v) is 2.96. The quantitative estimate of drug-likeness (QED) is 0.740. The molecule has 0 aliphatic carbocycles. The van der Waals surface area contributed by atoms with Crippen LogP contribution in [0.1, 0.15) is 27.2 Å². The summed E-state index contributed by atoms with van der Waals surface area (Å²) in [6, 6.07) is 7.57. The van der Waals surface area contributed by atoms with Crippen molar-refractivity contribution in [2.45, 2.75) is 33.3 Å². The van der Waals surface area contributed by atoms with E-state index in [0.717, 1.165) is 37.5 Å². The van der Waals surface area contributed by atoms with Crippen molar-refractivity contribution in [3.8, 4) is 5.75 Å². The second-order valence-electron chi connectivity index (χ2n) is 4.31. The van der Waals surface area contributed by atoms with Crippen molar-refractivity contribution in [3.05, 3.63) is 24.3 Å². The van der Waals surface area contributed by atoms with Gasteiger partial charge < -0.3 is 15.4 Å². The van der Waals surface area contributed by atoms with Gasteiger partial charge in [0.25, 0.3) is 0 Å². The Hall–Kier alpha value is -1.22. The van der Waals surface area contributed by atoms with E-state index in [4.69, 9.17) is 10.5 Å². The van der Waals surface area contributed by atoms with Crippen LogP contribution in [0.25, 0.3) is 0 Å². The van der Waals surface area contributed by atoms with E-state index < -0.39 is 0 Å². The molecule has 0 aliphatic rings. The lowest BCUT2D eigenvalue weighted by Gasteiger charge is -2.21. The van der Waals surface area contributed by atoms with Crippen LogP contribution >= 0.6 is 0 Å². The molecule has 1 aromatic rings. The average Bonchev–Trinajstić information content (AvgIpc) is 2.33. The molecule has 0 bridgehead atoms. The van der Waals surface area contributed by atoms with Crippen molar-refractivity contribution >= 4 is 5.69 Å². The number of ether oxygens (including phenoxy) is 1. The zero-order valence-electron chi connectivity index (χ0n) is 11.1. The van der Waals surface area contributed by atoms with Gasteiger partial charge >= 0.3 is 0 Å². The maximum absolute atomic E-state index is 5.83. The molecule has 1 aromatic carbocycles. The summed E-state index contributed by atoms with van der Waals surface area (Å²) < 4.78 is 5.83. The summed E-state index contributed by atoms with van der Waals surface area (Å²) in [5.41, 5.74) is 6.40. The maximum atomic E-state index is 5.83. The molecular weight excluding hydrogens is 212 g/mol. The highest BCUT2D eigenvalue weighted by atomic mass is 16.5. The van der Waals surface area contributed by atoms with Crippen LogP contribution in [0.2, 0.25) is 0 Å². The van der Waals surface area contributed by atoms with Gasteiger partial charge in [-0.2, -0.15) is 0 Å². The van der Waals surface area contributed by atoms with E-state index in [9.17, 15) is 0 Å². The molecule has 1 rings (SSSR count). The van der Waals surface area contributed by atoms with E-state index in [1.54, 1.807) is 0 Å². The largest absolute Gasteiger partial charge is 0.491 e. The molecule has 1 unspecified atom stereocenters. The van der Waals surface area contributed by atoms with E-state index in [-0.39, 0.29) is 6.10 Å². The molecule has 0 amide bonds. The molecule has 0 heterocycles. The Kier molecular flexibility index (Phi) is 5.84. The van der Waals surface area contributed by atoms with Crippen LogP contribution in [-0.2, 0) is 0 Å². The van der Waals surface area contributed by atoms with E-state index in [1.807, 2.05) is 24.3 Å². The topological polar surface area (TPSA) is 38.5 Å². The van der Waals surface area contributed by atoms with Crippen LogP contribution < -0.4 is 10.5 Å². The van der Waals surface area contributed by atoms with Crippen LogP contribution in [-0.4, -0.2) is 30.6 Å². The fourth-order valence-corrected chi connectivity index (χ4v) is 1.74. The molecule has 0 spiro atoms. The third kappa shape index (κ3) is 5.09. The lowest BCUT2D eigenvalue weighted by atomic mass is 10.2. The third-order valence-electron chi connectivity index (χ3n) is 2.96. The van der Waals surface area contributed by atoms with Gasteiger partial charge in [-0.05, 0) is 50.7 Å². The van der Waals surface area contributed by atoms with Gasteiger partial charge in [-0.3, -0.25) is 0 Å². The van der Waals surface area contributed by atoms with Gasteiger partial charge in [0.15, 0.2) is 0 Å². The number of nitrogens with zero attached hydrogens (tertiary/aromatic N) is 1. The lowest BCUT2D eigenvalue weighted by molar-refractivity contribution is 0.181. The summed E-state index contributed by atoms with van der Waals surface area (Å²) >= 11 is 0. The molecule has 0 radical (unpaired) electrons. The van der Waals surface area contributed by atoms with Gasteiger partial charge in [0, 0.05) is 12.2 Å². The Morgan fingerprint density at radius 1 is 1.18 bits per heavy atom. The highest BCUT2D eigenvalue weighted by Crippen LogP contribution is 2.15. The van der Waals surface area contributed by atoms with Crippen molar-refractivity contribution in [2.75, 3.05) is 25.4 Å². The fraction of sp³-hybridized carbons (Fsp3) is 0.571. The molecular formula is C14H24N2O. The number of hydrogen-bond acceptors (Lipinski definition) is 3. The van der Waals surface area contributed by atoms with Crippen molar-refractivity contribution < 1.29 is 4.74 Å². The minimum absolute atomic E-state index is 0.235. The number of nitrogens with two attached hydrogens (primary N) is 1. The first-order valence-corrected chi connectivity index (χ1v) is 6.40. The molecule has 0 saturated heterocycles. The van der Waals surface area contributed by atoms with Gasteiger partial charge in [-0.1, -0.05) is 13.8 Å². The monoisotopic (exact) mass is 236 g/mol. The Labute approximate surface area is 105 Å². The zero-order valence-corrected chi connectivity index (χ0v) is 11.1. The van der Waals surface area contributed by atoms with E-state index in [0.29, 0.717) is 0 Å². The molecule has 3 heteroatoms. The van der Waals surface area contributed by atoms with Gasteiger partial charge in [-0.15, -0.1) is 0 Å². The van der Waals surface area contributed by atoms with E-state index in [1.165, 1.54) is 0 Å². The van der Waals surface area contributed by atoms with Gasteiger partial charge in [0.1, 0.15) is 5.75 Å². The molecule has 96 valence electrons. The molecule has 0 fully saturated rings. The molecule has 1 atom stereocenters. The first-order valence-electron chi connectivity index (χ1n) is 6.40. The van der Waals surface area contributed by atoms with Crippen molar-refractivity contribution in [2.24, 2.45) is 0 Å². The van der Waals surface area contributed by atoms with E-state index in [2.05, 4.69) is 25.7 Å². The second kappa shape index (κ2) is 7.17. The molecule has 0 saturated carbocycles. The first kappa shape index (κ1) is 13.8. The minimum atomic E-state index is 0.235. The standard InChI is InChI=1S/C14H24N2O/c1-4-16(5-2)11-10-12(3)17-14-8-6-13(15)7-9-14/h6-9,12H,4-5,10-11,15H2,1-3H3. The number of nitrogen functional groups attached to an aromatic ring is 1.